The molecular formula is C17H23ClN2O5. The summed E-state index contributed by atoms with van der Waals surface area (Å²) in [5.74, 6) is -2.05. The Bertz CT molecular complexity index is 634. The largest absolute Gasteiger partial charge is 0.480 e. The summed E-state index contributed by atoms with van der Waals surface area (Å²) in [6.07, 6.45) is 0.113. The lowest BCUT2D eigenvalue weighted by Gasteiger charge is -2.32. The van der Waals surface area contributed by atoms with Crippen molar-refractivity contribution in [1.29, 1.82) is 0 Å². The molecule has 1 heterocycles. The van der Waals surface area contributed by atoms with Crippen LogP contribution in [0, 0.1) is 5.92 Å². The molecule has 0 radical (unpaired) electrons. The molecule has 0 bridgehead atoms. The molecule has 7 nitrogen and oxygen atoms in total. The van der Waals surface area contributed by atoms with Gasteiger partial charge in [0.25, 0.3) is 0 Å². The highest BCUT2D eigenvalue weighted by atomic mass is 35.5. The van der Waals surface area contributed by atoms with E-state index in [4.69, 9.17) is 11.6 Å². The number of carbonyl (C=O) groups excluding carboxylic acids is 1. The second-order valence-electron chi connectivity index (χ2n) is 6.57. The number of hydrogen-bond donors (Lipinski definition) is 4. The lowest BCUT2D eigenvalue weighted by atomic mass is 9.89. The lowest BCUT2D eigenvalue weighted by molar-refractivity contribution is -0.148. The Labute approximate surface area is 151 Å². The van der Waals surface area contributed by atoms with E-state index in [2.05, 4.69) is 5.32 Å². The molecule has 0 unspecified atom stereocenters. The normalized spacial score (nSPS) is 26.8. The van der Waals surface area contributed by atoms with Gasteiger partial charge >= 0.3 is 5.97 Å². The summed E-state index contributed by atoms with van der Waals surface area (Å²) >= 11 is 5.92. The van der Waals surface area contributed by atoms with E-state index in [1.54, 1.807) is 43.1 Å². The number of likely N-dealkylation sites (N-methyl/N-ethyl adjacent to an activating group) is 1. The van der Waals surface area contributed by atoms with Crippen LogP contribution in [-0.4, -0.2) is 63.9 Å². The minimum Gasteiger partial charge on any atom is -0.480 e. The van der Waals surface area contributed by atoms with Crippen molar-refractivity contribution in [2.75, 3.05) is 20.3 Å². The van der Waals surface area contributed by atoms with Crippen LogP contribution >= 0.6 is 11.6 Å². The molecule has 4 N–H and O–H groups in total. The third-order valence-electron chi connectivity index (χ3n) is 4.99. The fourth-order valence-corrected chi connectivity index (χ4v) is 3.43. The maximum absolute atomic E-state index is 12.7. The van der Waals surface area contributed by atoms with Gasteiger partial charge in [0.1, 0.15) is 5.54 Å². The Morgan fingerprint density at radius 1 is 1.32 bits per heavy atom. The second kappa shape index (κ2) is 7.70. The first-order valence-corrected chi connectivity index (χ1v) is 8.36. The van der Waals surface area contributed by atoms with E-state index in [-0.39, 0.29) is 6.42 Å². The second-order valence-corrected chi connectivity index (χ2v) is 7.00. The Morgan fingerprint density at radius 3 is 2.36 bits per heavy atom. The average molecular weight is 371 g/mol. The number of aliphatic hydroxyl groups is 2. The van der Waals surface area contributed by atoms with E-state index in [9.17, 15) is 24.9 Å². The van der Waals surface area contributed by atoms with Crippen molar-refractivity contribution < 1.29 is 24.9 Å². The number of aliphatic hydroxyl groups excluding tert-OH is 2. The highest BCUT2D eigenvalue weighted by Gasteiger charge is 2.54. The van der Waals surface area contributed by atoms with Crippen LogP contribution in [0.15, 0.2) is 24.3 Å². The summed E-state index contributed by atoms with van der Waals surface area (Å²) in [7, 11) is 1.68. The van der Waals surface area contributed by atoms with Crippen molar-refractivity contribution in [1.82, 2.24) is 10.2 Å². The zero-order valence-electron chi connectivity index (χ0n) is 14.1. The minimum absolute atomic E-state index is 0.113. The van der Waals surface area contributed by atoms with Crippen molar-refractivity contribution in [2.24, 2.45) is 5.92 Å². The molecule has 1 fully saturated rings. The van der Waals surface area contributed by atoms with E-state index in [0.29, 0.717) is 5.02 Å². The molecule has 3 atom stereocenters. The van der Waals surface area contributed by atoms with Gasteiger partial charge in [-0.05, 0) is 38.1 Å². The van der Waals surface area contributed by atoms with Crippen molar-refractivity contribution in [3.05, 3.63) is 34.9 Å². The summed E-state index contributed by atoms with van der Waals surface area (Å²) in [5.41, 5.74) is -0.429. The zero-order chi connectivity index (χ0) is 18.8. The number of carbonyl (C=O) groups is 2. The number of amides is 1. The first-order valence-electron chi connectivity index (χ1n) is 7.98. The van der Waals surface area contributed by atoms with Gasteiger partial charge < -0.3 is 20.6 Å². The van der Waals surface area contributed by atoms with Gasteiger partial charge in [0.05, 0.1) is 25.2 Å². The van der Waals surface area contributed by atoms with Crippen molar-refractivity contribution in [3.63, 3.8) is 0 Å². The molecular weight excluding hydrogens is 348 g/mol. The summed E-state index contributed by atoms with van der Waals surface area (Å²) in [5, 5.41) is 31.1. The van der Waals surface area contributed by atoms with Gasteiger partial charge in [-0.25, -0.2) is 0 Å². The smallest absolute Gasteiger partial charge is 0.323 e. The molecule has 1 aromatic carbocycles. The molecule has 25 heavy (non-hydrogen) atoms. The topological polar surface area (TPSA) is 110 Å². The molecule has 1 aromatic rings. The first kappa shape index (κ1) is 19.7. The standard InChI is InChI=1S/C17H23ClN2O5/c1-17(16(24)25)7-13(15(23)19-12(8-21)9-22)14(20(17)2)10-3-5-11(18)6-4-10/h3-6,12-14,21-22H,7-9H2,1-2H3,(H,19,23)(H,24,25)/t13-,14-,17-/m1/s1. The number of likely N-dealkylation sites (tertiary alicyclic amines) is 1. The molecule has 138 valence electrons. The molecule has 0 aliphatic carbocycles. The van der Waals surface area contributed by atoms with Crippen LogP contribution in [0.2, 0.25) is 5.02 Å². The van der Waals surface area contributed by atoms with E-state index in [1.807, 2.05) is 0 Å². The van der Waals surface area contributed by atoms with Gasteiger partial charge in [0.15, 0.2) is 0 Å². The van der Waals surface area contributed by atoms with Crippen LogP contribution < -0.4 is 5.32 Å². The van der Waals surface area contributed by atoms with Crippen molar-refractivity contribution in [2.45, 2.75) is 31.0 Å². The maximum Gasteiger partial charge on any atom is 0.323 e. The summed E-state index contributed by atoms with van der Waals surface area (Å²) < 4.78 is 0. The van der Waals surface area contributed by atoms with Gasteiger partial charge in [-0.3, -0.25) is 14.5 Å². The zero-order valence-corrected chi connectivity index (χ0v) is 14.9. The number of aliphatic carboxylic acids is 1. The van der Waals surface area contributed by atoms with Crippen LogP contribution in [0.5, 0.6) is 0 Å². The summed E-state index contributed by atoms with van der Waals surface area (Å²) in [4.78, 5) is 26.2. The van der Waals surface area contributed by atoms with Gasteiger partial charge in [-0.1, -0.05) is 23.7 Å². The monoisotopic (exact) mass is 370 g/mol. The lowest BCUT2D eigenvalue weighted by Crippen LogP contribution is -2.46. The Balaban J connectivity index is 2.38. The number of rotatable bonds is 6. The van der Waals surface area contributed by atoms with Gasteiger partial charge in [-0.15, -0.1) is 0 Å². The van der Waals surface area contributed by atoms with Crippen molar-refractivity contribution in [3.8, 4) is 0 Å². The van der Waals surface area contributed by atoms with Crippen LogP contribution in [0.1, 0.15) is 24.9 Å². The molecule has 2 rings (SSSR count). The quantitative estimate of drug-likeness (QED) is 0.585. The third-order valence-corrected chi connectivity index (χ3v) is 5.24. The molecule has 8 heteroatoms. The van der Waals surface area contributed by atoms with Crippen LogP contribution in [0.3, 0.4) is 0 Å². The minimum atomic E-state index is -1.21. The molecule has 1 amide bonds. The fourth-order valence-electron chi connectivity index (χ4n) is 3.31. The number of carboxylic acid groups (broad SMARTS) is 1. The van der Waals surface area contributed by atoms with Gasteiger partial charge in [-0.2, -0.15) is 0 Å². The Kier molecular flexibility index (Phi) is 6.05. The molecule has 0 saturated carbocycles. The maximum atomic E-state index is 12.7. The summed E-state index contributed by atoms with van der Waals surface area (Å²) in [6.45, 7) is 0.792. The Hall–Kier alpha value is -1.67. The predicted octanol–water partition coefficient (Wildman–Crippen LogP) is 0.646. The number of halogens is 1. The van der Waals surface area contributed by atoms with Crippen LogP contribution in [0.4, 0.5) is 0 Å². The van der Waals surface area contributed by atoms with Crippen LogP contribution in [0.25, 0.3) is 0 Å². The van der Waals surface area contributed by atoms with Gasteiger partial charge in [0, 0.05) is 11.1 Å². The SMILES string of the molecule is CN1[C@H](c2ccc(Cl)cc2)[C@H](C(=O)NC(CO)CO)C[C@]1(C)C(=O)O. The van der Waals surface area contributed by atoms with E-state index < -0.39 is 48.6 Å². The Morgan fingerprint density at radius 2 is 1.88 bits per heavy atom. The number of nitrogens with one attached hydrogen (secondary N) is 1. The molecule has 1 aliphatic heterocycles. The van der Waals surface area contributed by atoms with Crippen LogP contribution in [-0.2, 0) is 9.59 Å². The molecule has 1 saturated heterocycles. The van der Waals surface area contributed by atoms with Crippen molar-refractivity contribution >= 4 is 23.5 Å². The highest BCUT2D eigenvalue weighted by Crippen LogP contribution is 2.46. The number of nitrogens with zero attached hydrogens (tertiary/aromatic N) is 1. The summed E-state index contributed by atoms with van der Waals surface area (Å²) in [6, 6.07) is 5.69. The molecule has 0 aromatic heterocycles. The first-order chi connectivity index (χ1) is 11.7. The number of hydrogen-bond acceptors (Lipinski definition) is 5. The number of benzene rings is 1. The fraction of sp³-hybridized carbons (Fsp3) is 0.529. The number of carboxylic acids is 1. The molecule has 0 spiro atoms. The third kappa shape index (κ3) is 3.79. The van der Waals surface area contributed by atoms with Gasteiger partial charge in [0.2, 0.25) is 5.91 Å². The van der Waals surface area contributed by atoms with E-state index in [1.165, 1.54) is 0 Å². The highest BCUT2D eigenvalue weighted by molar-refractivity contribution is 6.30. The predicted molar refractivity (Wildman–Crippen MR) is 92.2 cm³/mol. The van der Waals surface area contributed by atoms with E-state index in [0.717, 1.165) is 5.56 Å². The molecule has 1 aliphatic rings. The average Bonchev–Trinajstić information content (AvgIpc) is 2.86. The van der Waals surface area contributed by atoms with E-state index >= 15 is 0 Å².